The smallest absolute Gasteiger partial charge is 0.415 e. The number of aryl methyl sites for hydroxylation is 1. The third kappa shape index (κ3) is 1.74. The van der Waals surface area contributed by atoms with Crippen molar-refractivity contribution in [2.24, 2.45) is 0 Å². The molecule has 0 bridgehead atoms. The van der Waals surface area contributed by atoms with Crippen molar-refractivity contribution in [3.63, 3.8) is 0 Å². The van der Waals surface area contributed by atoms with Gasteiger partial charge in [-0.1, -0.05) is 6.07 Å². The molecular formula is C16H14N4O2. The summed E-state index contributed by atoms with van der Waals surface area (Å²) in [6.45, 7) is 3.53. The molecule has 2 N–H and O–H groups in total. The van der Waals surface area contributed by atoms with Crippen LogP contribution in [0.15, 0.2) is 30.7 Å². The minimum absolute atomic E-state index is 0.692. The normalized spacial score (nSPS) is 13.5. The van der Waals surface area contributed by atoms with E-state index in [1.165, 1.54) is 4.57 Å². The lowest BCUT2D eigenvalue weighted by molar-refractivity contribution is 0.197. The van der Waals surface area contributed by atoms with Crippen molar-refractivity contribution in [2.75, 3.05) is 0 Å². The molecule has 0 fully saturated rings. The van der Waals surface area contributed by atoms with Crippen molar-refractivity contribution in [2.45, 2.75) is 20.0 Å². The first kappa shape index (κ1) is 13.0. The Labute approximate surface area is 126 Å². The lowest BCUT2D eigenvalue weighted by Gasteiger charge is -2.10. The number of nitrogens with one attached hydrogen (secondary N) is 1. The fourth-order valence-electron chi connectivity index (χ4n) is 3.11. The van der Waals surface area contributed by atoms with Gasteiger partial charge in [0.25, 0.3) is 0 Å². The fraction of sp³-hybridized carbons (Fsp3) is 0.188. The Bertz CT molecular complexity index is 914. The number of nitrogens with zero attached hydrogens (tertiary/aromatic N) is 3. The molecule has 1 aromatic carbocycles. The molecule has 0 atom stereocenters. The highest BCUT2D eigenvalue weighted by Gasteiger charge is 2.20. The zero-order valence-electron chi connectivity index (χ0n) is 12.0. The Morgan fingerprint density at radius 2 is 2.14 bits per heavy atom. The zero-order chi connectivity index (χ0) is 15.3. The van der Waals surface area contributed by atoms with Gasteiger partial charge in [0.1, 0.15) is 6.33 Å². The summed E-state index contributed by atoms with van der Waals surface area (Å²) < 4.78 is 1.23. The Balaban J connectivity index is 1.96. The van der Waals surface area contributed by atoms with Crippen LogP contribution in [0, 0.1) is 6.92 Å². The monoisotopic (exact) mass is 294 g/mol. The highest BCUT2D eigenvalue weighted by molar-refractivity contribution is 5.94. The summed E-state index contributed by atoms with van der Waals surface area (Å²) in [4.78, 5) is 20.0. The Kier molecular flexibility index (Phi) is 2.74. The summed E-state index contributed by atoms with van der Waals surface area (Å²) in [7, 11) is 0. The summed E-state index contributed by atoms with van der Waals surface area (Å²) in [6.07, 6.45) is 2.19. The molecule has 6 heteroatoms. The van der Waals surface area contributed by atoms with E-state index in [4.69, 9.17) is 0 Å². The van der Waals surface area contributed by atoms with Gasteiger partial charge in [-0.3, -0.25) is 4.57 Å². The average Bonchev–Trinajstić information content (AvgIpc) is 3.14. The lowest BCUT2D eigenvalue weighted by atomic mass is 9.98. The molecule has 0 saturated carbocycles. The second-order valence-corrected chi connectivity index (χ2v) is 5.39. The van der Waals surface area contributed by atoms with Crippen LogP contribution in [0.1, 0.15) is 16.8 Å². The number of carboxylic acid groups (broad SMARTS) is 1. The van der Waals surface area contributed by atoms with Crippen LogP contribution in [0.3, 0.4) is 0 Å². The molecule has 0 aliphatic carbocycles. The predicted molar refractivity (Wildman–Crippen MR) is 81.7 cm³/mol. The molecule has 3 heterocycles. The van der Waals surface area contributed by atoms with Crippen LogP contribution < -0.4 is 5.32 Å². The second-order valence-electron chi connectivity index (χ2n) is 5.39. The fourth-order valence-corrected chi connectivity index (χ4v) is 3.11. The Morgan fingerprint density at radius 1 is 1.27 bits per heavy atom. The van der Waals surface area contributed by atoms with Gasteiger partial charge in [-0.15, -0.1) is 0 Å². The maximum Gasteiger partial charge on any atom is 0.415 e. The summed E-state index contributed by atoms with van der Waals surface area (Å²) in [5, 5.41) is 13.4. The highest BCUT2D eigenvalue weighted by atomic mass is 16.4. The molecule has 4 rings (SSSR count). The van der Waals surface area contributed by atoms with Gasteiger partial charge in [-0.25, -0.2) is 14.8 Å². The van der Waals surface area contributed by atoms with Crippen LogP contribution in [-0.4, -0.2) is 25.7 Å². The number of rotatable bonds is 1. The standard InChI is InChI=1S/C16H14N4O2/c1-9-10-4-5-20(16(21)22)14(10)3-2-11(9)15-12-6-17-7-13(12)18-8-19-15/h2-5,8,17H,6-7H2,1H3,(H,21,22). The zero-order valence-corrected chi connectivity index (χ0v) is 12.0. The molecule has 1 aliphatic rings. The summed E-state index contributed by atoms with van der Waals surface area (Å²) in [6, 6.07) is 5.61. The third-order valence-corrected chi connectivity index (χ3v) is 4.23. The quantitative estimate of drug-likeness (QED) is 0.721. The van der Waals surface area contributed by atoms with Crippen LogP contribution in [0.5, 0.6) is 0 Å². The number of benzene rings is 1. The molecule has 0 saturated heterocycles. The number of aromatic nitrogens is 3. The van der Waals surface area contributed by atoms with Gasteiger partial charge in [0.15, 0.2) is 0 Å². The molecule has 0 spiro atoms. The third-order valence-electron chi connectivity index (χ3n) is 4.23. The predicted octanol–water partition coefficient (Wildman–Crippen LogP) is 2.54. The Morgan fingerprint density at radius 3 is 2.95 bits per heavy atom. The molecule has 1 aliphatic heterocycles. The Hall–Kier alpha value is -2.73. The largest absolute Gasteiger partial charge is 0.464 e. The molecule has 6 nitrogen and oxygen atoms in total. The number of carbonyl (C=O) groups is 1. The van der Waals surface area contributed by atoms with Gasteiger partial charge in [0.05, 0.1) is 16.9 Å². The van der Waals surface area contributed by atoms with E-state index in [-0.39, 0.29) is 0 Å². The molecule has 3 aromatic rings. The van der Waals surface area contributed by atoms with Crippen molar-refractivity contribution < 1.29 is 9.90 Å². The van der Waals surface area contributed by atoms with Gasteiger partial charge in [0, 0.05) is 35.8 Å². The van der Waals surface area contributed by atoms with E-state index in [2.05, 4.69) is 15.3 Å². The van der Waals surface area contributed by atoms with E-state index in [1.807, 2.05) is 25.1 Å². The van der Waals surface area contributed by atoms with Crippen LogP contribution >= 0.6 is 0 Å². The van der Waals surface area contributed by atoms with Crippen LogP contribution in [0.25, 0.3) is 22.2 Å². The molecule has 0 radical (unpaired) electrons. The van der Waals surface area contributed by atoms with Crippen LogP contribution in [-0.2, 0) is 13.1 Å². The number of hydrogen-bond acceptors (Lipinski definition) is 4. The van der Waals surface area contributed by atoms with Crippen molar-refractivity contribution >= 4 is 17.0 Å². The number of hydrogen-bond donors (Lipinski definition) is 2. The van der Waals surface area contributed by atoms with Crippen LogP contribution in [0.2, 0.25) is 0 Å². The van der Waals surface area contributed by atoms with Gasteiger partial charge in [0.2, 0.25) is 0 Å². The van der Waals surface area contributed by atoms with E-state index in [0.717, 1.165) is 46.6 Å². The van der Waals surface area contributed by atoms with Crippen molar-refractivity contribution in [3.8, 4) is 11.3 Å². The van der Waals surface area contributed by atoms with Gasteiger partial charge in [-0.2, -0.15) is 0 Å². The van der Waals surface area contributed by atoms with Crippen molar-refractivity contribution in [1.29, 1.82) is 0 Å². The molecule has 22 heavy (non-hydrogen) atoms. The van der Waals surface area contributed by atoms with E-state index in [0.29, 0.717) is 5.52 Å². The van der Waals surface area contributed by atoms with Gasteiger partial charge < -0.3 is 10.4 Å². The SMILES string of the molecule is Cc1c(-c2ncnc3c2CNC3)ccc2c1ccn2C(=O)O. The van der Waals surface area contributed by atoms with Crippen molar-refractivity contribution in [1.82, 2.24) is 19.9 Å². The minimum Gasteiger partial charge on any atom is -0.464 e. The molecular weight excluding hydrogens is 280 g/mol. The van der Waals surface area contributed by atoms with Gasteiger partial charge >= 0.3 is 6.09 Å². The summed E-state index contributed by atoms with van der Waals surface area (Å²) in [5.74, 6) is 0. The first-order chi connectivity index (χ1) is 10.7. The summed E-state index contributed by atoms with van der Waals surface area (Å²) >= 11 is 0. The molecule has 0 amide bonds. The topological polar surface area (TPSA) is 80.0 Å². The van der Waals surface area contributed by atoms with E-state index < -0.39 is 6.09 Å². The first-order valence-corrected chi connectivity index (χ1v) is 7.04. The molecule has 2 aromatic heterocycles. The lowest BCUT2D eigenvalue weighted by Crippen LogP contribution is -2.05. The average molecular weight is 294 g/mol. The number of fused-ring (bicyclic) bond motifs is 2. The first-order valence-electron chi connectivity index (χ1n) is 7.04. The van der Waals surface area contributed by atoms with Crippen LogP contribution in [0.4, 0.5) is 4.79 Å². The van der Waals surface area contributed by atoms with E-state index in [9.17, 15) is 9.90 Å². The van der Waals surface area contributed by atoms with Crippen molar-refractivity contribution in [3.05, 3.63) is 47.5 Å². The maximum absolute atomic E-state index is 11.2. The second kappa shape index (κ2) is 4.64. The van der Waals surface area contributed by atoms with Gasteiger partial charge in [-0.05, 0) is 24.6 Å². The summed E-state index contributed by atoms with van der Waals surface area (Å²) in [5.41, 5.74) is 5.84. The van der Waals surface area contributed by atoms with E-state index in [1.54, 1.807) is 12.5 Å². The minimum atomic E-state index is -0.978. The molecule has 0 unspecified atom stereocenters. The highest BCUT2D eigenvalue weighted by Crippen LogP contribution is 2.32. The van der Waals surface area contributed by atoms with E-state index >= 15 is 0 Å². The molecule has 110 valence electrons. The maximum atomic E-state index is 11.2.